The van der Waals surface area contributed by atoms with Crippen molar-refractivity contribution < 1.29 is 14.3 Å². The smallest absolute Gasteiger partial charge is 0.243 e. The van der Waals surface area contributed by atoms with Crippen LogP contribution < -0.4 is 10.2 Å². The van der Waals surface area contributed by atoms with Gasteiger partial charge in [-0.05, 0) is 37.8 Å². The summed E-state index contributed by atoms with van der Waals surface area (Å²) >= 11 is 1.91. The van der Waals surface area contributed by atoms with Crippen LogP contribution >= 0.6 is 11.8 Å². The highest BCUT2D eigenvalue weighted by molar-refractivity contribution is 8.00. The molecule has 1 saturated carbocycles. The van der Waals surface area contributed by atoms with Crippen molar-refractivity contribution >= 4 is 40.3 Å². The number of carbonyl (C=O) groups is 2. The number of rotatable bonds is 7. The lowest BCUT2D eigenvalue weighted by molar-refractivity contribution is -0.138. The number of piperazine rings is 1. The SMILES string of the molecule is C=CC(=O)NC1CCC(C(=O)N2CCN(CC3Cc4nc(-c5cccc6[nH]ncc56)nc(N5CCOCC5)c4S3)CC2)CC1. The Morgan fingerprint density at radius 2 is 1.86 bits per heavy atom. The third-order valence-corrected chi connectivity index (χ3v) is 10.7. The van der Waals surface area contributed by atoms with Crippen molar-refractivity contribution in [1.82, 2.24) is 35.3 Å². The number of ether oxygens (including phenoxy) is 1. The van der Waals surface area contributed by atoms with E-state index in [9.17, 15) is 9.59 Å². The van der Waals surface area contributed by atoms with Gasteiger partial charge in [0.15, 0.2) is 5.82 Å². The predicted molar refractivity (Wildman–Crippen MR) is 171 cm³/mol. The number of nitrogens with one attached hydrogen (secondary N) is 2. The summed E-state index contributed by atoms with van der Waals surface area (Å²) in [6, 6.07) is 6.28. The average molecular weight is 617 g/mol. The molecule has 44 heavy (non-hydrogen) atoms. The molecule has 1 unspecified atom stereocenters. The summed E-state index contributed by atoms with van der Waals surface area (Å²) in [7, 11) is 0. The molecule has 7 rings (SSSR count). The summed E-state index contributed by atoms with van der Waals surface area (Å²) < 4.78 is 5.65. The van der Waals surface area contributed by atoms with Crippen molar-refractivity contribution in [2.45, 2.75) is 48.3 Å². The number of hydrogen-bond acceptors (Lipinski definition) is 9. The zero-order valence-electron chi connectivity index (χ0n) is 25.0. The Morgan fingerprint density at radius 1 is 1.07 bits per heavy atom. The number of aromatic nitrogens is 4. The predicted octanol–water partition coefficient (Wildman–Crippen LogP) is 2.88. The average Bonchev–Trinajstić information content (AvgIpc) is 3.72. The van der Waals surface area contributed by atoms with Gasteiger partial charge in [-0.3, -0.25) is 19.6 Å². The van der Waals surface area contributed by atoms with Crippen molar-refractivity contribution in [3.63, 3.8) is 0 Å². The number of hydrogen-bond donors (Lipinski definition) is 2. The van der Waals surface area contributed by atoms with E-state index in [1.54, 1.807) is 0 Å². The van der Waals surface area contributed by atoms with Crippen LogP contribution in [0.15, 0.2) is 41.9 Å². The van der Waals surface area contributed by atoms with Crippen molar-refractivity contribution in [2.75, 3.05) is 63.9 Å². The van der Waals surface area contributed by atoms with Crippen molar-refractivity contribution in [3.8, 4) is 11.4 Å². The largest absolute Gasteiger partial charge is 0.378 e. The van der Waals surface area contributed by atoms with Gasteiger partial charge in [0.05, 0.1) is 35.5 Å². The highest BCUT2D eigenvalue weighted by Crippen LogP contribution is 2.43. The Bertz CT molecular complexity index is 1520. The second-order valence-electron chi connectivity index (χ2n) is 12.2. The third-order valence-electron chi connectivity index (χ3n) is 9.41. The fourth-order valence-electron chi connectivity index (χ4n) is 6.98. The first-order valence-electron chi connectivity index (χ1n) is 15.8. The van der Waals surface area contributed by atoms with Crippen LogP contribution in [0.2, 0.25) is 0 Å². The van der Waals surface area contributed by atoms with Crippen LogP contribution in [0, 0.1) is 5.92 Å². The minimum Gasteiger partial charge on any atom is -0.378 e. The van der Waals surface area contributed by atoms with Gasteiger partial charge in [0.25, 0.3) is 0 Å². The van der Waals surface area contributed by atoms with Crippen LogP contribution in [0.4, 0.5) is 5.82 Å². The van der Waals surface area contributed by atoms with E-state index in [0.29, 0.717) is 18.5 Å². The number of morpholine rings is 1. The lowest BCUT2D eigenvalue weighted by Crippen LogP contribution is -2.52. The molecule has 2 saturated heterocycles. The maximum Gasteiger partial charge on any atom is 0.243 e. The zero-order valence-corrected chi connectivity index (χ0v) is 25.9. The fraction of sp³-hybridized carbons (Fsp3) is 0.531. The van der Waals surface area contributed by atoms with Crippen LogP contribution in [-0.4, -0.2) is 112 Å². The Kier molecular flexibility index (Phi) is 8.55. The minimum absolute atomic E-state index is 0.0672. The zero-order chi connectivity index (χ0) is 30.0. The molecule has 3 fully saturated rings. The van der Waals surface area contributed by atoms with Crippen LogP contribution in [0.5, 0.6) is 0 Å². The number of nitrogens with zero attached hydrogens (tertiary/aromatic N) is 6. The number of amides is 2. The van der Waals surface area contributed by atoms with Gasteiger partial charge in [0, 0.05) is 80.4 Å². The molecule has 0 bridgehead atoms. The standard InChI is InChI=1S/C32H40N8O3S/c1-2-28(41)34-22-8-6-21(7-9-22)32(42)40-12-10-38(11-13-40)20-23-18-27-29(44-23)31(39-14-16-43-17-15-39)36-30(35-27)24-4-3-5-26-25(24)19-33-37-26/h2-5,19,21-23H,1,6-18,20H2,(H,33,37)(H,34,41). The number of aromatic amines is 1. The molecule has 12 heteroatoms. The van der Waals surface area contributed by atoms with Gasteiger partial charge >= 0.3 is 0 Å². The summed E-state index contributed by atoms with van der Waals surface area (Å²) in [6.45, 7) is 10.9. The van der Waals surface area contributed by atoms with Crippen LogP contribution in [0.1, 0.15) is 31.4 Å². The highest BCUT2D eigenvalue weighted by Gasteiger charge is 2.35. The monoisotopic (exact) mass is 616 g/mol. The number of fused-ring (bicyclic) bond motifs is 2. The number of carbonyl (C=O) groups excluding carboxylic acids is 2. The molecule has 4 aliphatic rings. The Morgan fingerprint density at radius 3 is 2.64 bits per heavy atom. The molecule has 5 heterocycles. The first-order valence-corrected chi connectivity index (χ1v) is 16.7. The summed E-state index contributed by atoms with van der Waals surface area (Å²) in [6.07, 6.45) is 7.44. The molecule has 11 nitrogen and oxygen atoms in total. The highest BCUT2D eigenvalue weighted by atomic mass is 32.2. The normalized spacial score (nSPS) is 24.3. The molecule has 2 aromatic heterocycles. The van der Waals surface area contributed by atoms with E-state index >= 15 is 0 Å². The number of anilines is 1. The molecule has 1 atom stereocenters. The van der Waals surface area contributed by atoms with Gasteiger partial charge in [-0.15, -0.1) is 11.8 Å². The topological polar surface area (TPSA) is 120 Å². The second-order valence-corrected chi connectivity index (χ2v) is 13.5. The van der Waals surface area contributed by atoms with Crippen molar-refractivity contribution in [3.05, 3.63) is 42.7 Å². The molecule has 0 spiro atoms. The van der Waals surface area contributed by atoms with E-state index in [2.05, 4.69) is 42.9 Å². The van der Waals surface area contributed by atoms with Gasteiger partial charge in [-0.2, -0.15) is 5.10 Å². The maximum absolute atomic E-state index is 13.3. The number of thioether (sulfide) groups is 1. The van der Waals surface area contributed by atoms with Gasteiger partial charge < -0.3 is 19.9 Å². The summed E-state index contributed by atoms with van der Waals surface area (Å²) in [5.41, 5.74) is 3.10. The van der Waals surface area contributed by atoms with E-state index in [1.807, 2.05) is 30.1 Å². The third kappa shape index (κ3) is 6.07. The van der Waals surface area contributed by atoms with E-state index in [-0.39, 0.29) is 23.8 Å². The second kappa shape index (κ2) is 12.9. The minimum atomic E-state index is -0.129. The van der Waals surface area contributed by atoms with E-state index in [1.165, 1.54) is 11.0 Å². The fourth-order valence-corrected chi connectivity index (χ4v) is 8.39. The molecule has 3 aromatic rings. The van der Waals surface area contributed by atoms with Crippen LogP contribution in [-0.2, 0) is 20.7 Å². The van der Waals surface area contributed by atoms with E-state index in [4.69, 9.17) is 14.7 Å². The first-order chi connectivity index (χ1) is 21.6. The molecule has 2 N–H and O–H groups in total. The van der Waals surface area contributed by atoms with Crippen molar-refractivity contribution in [2.24, 2.45) is 5.92 Å². The van der Waals surface area contributed by atoms with Gasteiger partial charge in [-0.1, -0.05) is 18.7 Å². The summed E-state index contributed by atoms with van der Waals surface area (Å²) in [5.74, 6) is 2.00. The molecule has 3 aliphatic heterocycles. The first kappa shape index (κ1) is 29.2. The molecule has 1 aliphatic carbocycles. The molecule has 232 valence electrons. The Labute approximate surface area is 261 Å². The summed E-state index contributed by atoms with van der Waals surface area (Å²) in [5, 5.41) is 11.7. The number of H-pyrrole nitrogens is 1. The maximum atomic E-state index is 13.3. The lowest BCUT2D eigenvalue weighted by Gasteiger charge is -2.38. The van der Waals surface area contributed by atoms with Gasteiger partial charge in [0.2, 0.25) is 11.8 Å². The van der Waals surface area contributed by atoms with Gasteiger partial charge in [-0.25, -0.2) is 9.97 Å². The molecule has 0 radical (unpaired) electrons. The van der Waals surface area contributed by atoms with Crippen LogP contribution in [0.3, 0.4) is 0 Å². The molecular weight excluding hydrogens is 576 g/mol. The summed E-state index contributed by atoms with van der Waals surface area (Å²) in [4.78, 5) is 43.3. The Hall–Kier alpha value is -3.48. The Balaban J connectivity index is 0.989. The lowest BCUT2D eigenvalue weighted by atomic mass is 9.85. The number of benzene rings is 1. The molecular formula is C32H40N8O3S. The van der Waals surface area contributed by atoms with E-state index < -0.39 is 0 Å². The van der Waals surface area contributed by atoms with E-state index in [0.717, 1.165) is 112 Å². The van der Waals surface area contributed by atoms with Crippen molar-refractivity contribution in [1.29, 1.82) is 0 Å². The molecule has 2 amide bonds. The van der Waals surface area contributed by atoms with Gasteiger partial charge in [0.1, 0.15) is 5.82 Å². The van der Waals surface area contributed by atoms with Crippen LogP contribution in [0.25, 0.3) is 22.3 Å². The quantitative estimate of drug-likeness (QED) is 0.386. The molecule has 1 aromatic carbocycles.